The van der Waals surface area contributed by atoms with Crippen LogP contribution in [-0.2, 0) is 10.0 Å². The molecule has 0 aliphatic heterocycles. The predicted molar refractivity (Wildman–Crippen MR) is 60.0 cm³/mol. The van der Waals surface area contributed by atoms with Crippen molar-refractivity contribution in [3.05, 3.63) is 29.6 Å². The summed E-state index contributed by atoms with van der Waals surface area (Å²) in [5.74, 6) is 0.172. The van der Waals surface area contributed by atoms with Gasteiger partial charge in [0.2, 0.25) is 0 Å². The van der Waals surface area contributed by atoms with Crippen LogP contribution in [0.15, 0.2) is 23.4 Å². The lowest BCUT2D eigenvalue weighted by Crippen LogP contribution is -2.19. The third-order valence-corrected chi connectivity index (χ3v) is 3.05. The van der Waals surface area contributed by atoms with Crippen LogP contribution in [0.25, 0.3) is 5.82 Å². The summed E-state index contributed by atoms with van der Waals surface area (Å²) >= 11 is 0. The Morgan fingerprint density at radius 2 is 2.11 bits per heavy atom. The number of aryl methyl sites for hydroxylation is 1. The number of nitrogens with zero attached hydrogens (tertiary/aromatic N) is 5. The molecule has 2 heterocycles. The Morgan fingerprint density at radius 1 is 1.39 bits per heavy atom. The molecule has 0 atom stereocenters. The number of rotatable bonds is 2. The van der Waals surface area contributed by atoms with Gasteiger partial charge in [0, 0.05) is 0 Å². The number of hydrogen-bond donors (Lipinski definition) is 1. The van der Waals surface area contributed by atoms with Crippen molar-refractivity contribution in [2.24, 2.45) is 5.14 Å². The van der Waals surface area contributed by atoms with Gasteiger partial charge in [0.15, 0.2) is 10.8 Å². The van der Waals surface area contributed by atoms with Gasteiger partial charge >= 0.3 is 0 Å². The quantitative estimate of drug-likeness (QED) is 0.778. The number of hydrogen-bond acceptors (Lipinski definition) is 6. The van der Waals surface area contributed by atoms with Crippen LogP contribution in [-0.4, -0.2) is 28.4 Å². The SMILES string of the molecule is Cc1ccc(-n2ncc(C#N)c2S(N)(=O)=O)nn1. The van der Waals surface area contributed by atoms with Gasteiger partial charge in [-0.1, -0.05) is 0 Å². The molecule has 0 amide bonds. The Hall–Kier alpha value is -2.31. The Balaban J connectivity index is 2.70. The zero-order valence-corrected chi connectivity index (χ0v) is 10.1. The maximum atomic E-state index is 11.5. The van der Waals surface area contributed by atoms with Gasteiger partial charge in [0.1, 0.15) is 11.6 Å². The Bertz CT molecular complexity index is 725. The van der Waals surface area contributed by atoms with Crippen LogP contribution < -0.4 is 5.14 Å². The summed E-state index contributed by atoms with van der Waals surface area (Å²) in [6.07, 6.45) is 1.11. The lowest BCUT2D eigenvalue weighted by atomic mass is 10.4. The van der Waals surface area contributed by atoms with E-state index in [4.69, 9.17) is 10.4 Å². The molecule has 0 aliphatic carbocycles. The summed E-state index contributed by atoms with van der Waals surface area (Å²) in [6, 6.07) is 4.89. The molecule has 2 rings (SSSR count). The molecular formula is C9H8N6O2S. The minimum Gasteiger partial charge on any atom is -0.223 e. The summed E-state index contributed by atoms with van der Waals surface area (Å²) in [6.45, 7) is 1.74. The van der Waals surface area contributed by atoms with Crippen LogP contribution in [0, 0.1) is 18.3 Å². The molecule has 2 aromatic rings. The van der Waals surface area contributed by atoms with Crippen molar-refractivity contribution in [1.82, 2.24) is 20.0 Å². The van der Waals surface area contributed by atoms with Crippen LogP contribution in [0.5, 0.6) is 0 Å². The summed E-state index contributed by atoms with van der Waals surface area (Å²) in [5.41, 5.74) is 0.531. The molecule has 0 fully saturated rings. The van der Waals surface area contributed by atoms with Crippen molar-refractivity contribution in [2.75, 3.05) is 0 Å². The molecule has 0 aliphatic rings. The highest BCUT2D eigenvalue weighted by Crippen LogP contribution is 2.16. The van der Waals surface area contributed by atoms with E-state index < -0.39 is 15.0 Å². The molecule has 0 spiro atoms. The summed E-state index contributed by atoms with van der Waals surface area (Å²) in [7, 11) is -4.08. The Labute approximate surface area is 103 Å². The molecule has 0 radical (unpaired) electrons. The van der Waals surface area contributed by atoms with E-state index in [9.17, 15) is 8.42 Å². The Kier molecular flexibility index (Phi) is 2.82. The van der Waals surface area contributed by atoms with Gasteiger partial charge in [-0.25, -0.2) is 13.6 Å². The van der Waals surface area contributed by atoms with Gasteiger partial charge in [-0.2, -0.15) is 20.1 Å². The van der Waals surface area contributed by atoms with E-state index >= 15 is 0 Å². The fourth-order valence-corrected chi connectivity index (χ4v) is 2.14. The minimum atomic E-state index is -4.08. The van der Waals surface area contributed by atoms with Crippen LogP contribution in [0.2, 0.25) is 0 Å². The standard InChI is InChI=1S/C9H8N6O2S/c1-6-2-3-8(14-13-6)15-9(18(11,16)17)7(4-10)5-12-15/h2-3,5H,1H3,(H2,11,16,17). The van der Waals surface area contributed by atoms with Gasteiger partial charge < -0.3 is 0 Å². The van der Waals surface area contributed by atoms with Gasteiger partial charge in [-0.05, 0) is 19.1 Å². The second-order valence-corrected chi connectivity index (χ2v) is 4.94. The van der Waals surface area contributed by atoms with E-state index in [-0.39, 0.29) is 11.4 Å². The van der Waals surface area contributed by atoms with E-state index in [1.165, 1.54) is 6.07 Å². The maximum Gasteiger partial charge on any atom is 0.257 e. The molecule has 0 saturated carbocycles. The second kappa shape index (κ2) is 4.17. The molecule has 0 saturated heterocycles. The average molecular weight is 264 g/mol. The zero-order valence-electron chi connectivity index (χ0n) is 9.27. The zero-order chi connectivity index (χ0) is 13.3. The van der Waals surface area contributed by atoms with Crippen molar-refractivity contribution in [3.63, 3.8) is 0 Å². The molecular weight excluding hydrogens is 256 g/mol. The van der Waals surface area contributed by atoms with Crippen LogP contribution >= 0.6 is 0 Å². The third kappa shape index (κ3) is 2.06. The molecule has 9 heteroatoms. The van der Waals surface area contributed by atoms with Crippen molar-refractivity contribution >= 4 is 10.0 Å². The molecule has 8 nitrogen and oxygen atoms in total. The van der Waals surface area contributed by atoms with Crippen molar-refractivity contribution < 1.29 is 8.42 Å². The minimum absolute atomic E-state index is 0.139. The molecule has 92 valence electrons. The van der Waals surface area contributed by atoms with Gasteiger partial charge in [0.05, 0.1) is 11.9 Å². The number of nitrogens with two attached hydrogens (primary N) is 1. The van der Waals surface area contributed by atoms with Crippen LogP contribution in [0.3, 0.4) is 0 Å². The van der Waals surface area contributed by atoms with Crippen LogP contribution in [0.1, 0.15) is 11.3 Å². The van der Waals surface area contributed by atoms with E-state index in [1.54, 1.807) is 19.1 Å². The predicted octanol–water partition coefficient (Wildman–Crippen LogP) is -0.510. The van der Waals surface area contributed by atoms with Crippen molar-refractivity contribution in [2.45, 2.75) is 11.9 Å². The smallest absolute Gasteiger partial charge is 0.223 e. The number of aromatic nitrogens is 4. The Morgan fingerprint density at radius 3 is 2.61 bits per heavy atom. The van der Waals surface area contributed by atoms with Gasteiger partial charge in [-0.3, -0.25) is 0 Å². The summed E-state index contributed by atoms with van der Waals surface area (Å²) in [5, 5.41) is 24.8. The first-order chi connectivity index (χ1) is 8.43. The second-order valence-electron chi connectivity index (χ2n) is 3.46. The highest BCUT2D eigenvalue weighted by molar-refractivity contribution is 7.89. The maximum absolute atomic E-state index is 11.5. The summed E-state index contributed by atoms with van der Waals surface area (Å²) in [4.78, 5) is 0. The highest BCUT2D eigenvalue weighted by atomic mass is 32.2. The number of sulfonamides is 1. The monoisotopic (exact) mass is 264 g/mol. The van der Waals surface area contributed by atoms with Crippen molar-refractivity contribution in [3.8, 4) is 11.9 Å². The lowest BCUT2D eigenvalue weighted by molar-refractivity contribution is 0.585. The molecule has 2 aromatic heterocycles. The molecule has 0 unspecified atom stereocenters. The first-order valence-corrected chi connectivity index (χ1v) is 6.30. The van der Waals surface area contributed by atoms with E-state index in [1.807, 2.05) is 0 Å². The number of primary sulfonamides is 1. The first kappa shape index (κ1) is 12.2. The fourth-order valence-electron chi connectivity index (χ4n) is 1.36. The number of nitriles is 1. The first-order valence-electron chi connectivity index (χ1n) is 4.75. The van der Waals surface area contributed by atoms with E-state index in [2.05, 4.69) is 15.3 Å². The average Bonchev–Trinajstić information content (AvgIpc) is 2.73. The molecule has 0 bridgehead atoms. The summed E-state index contributed by atoms with van der Waals surface area (Å²) < 4.78 is 23.9. The lowest BCUT2D eigenvalue weighted by Gasteiger charge is -2.04. The molecule has 18 heavy (non-hydrogen) atoms. The normalized spacial score (nSPS) is 11.2. The highest BCUT2D eigenvalue weighted by Gasteiger charge is 2.22. The van der Waals surface area contributed by atoms with E-state index in [0.717, 1.165) is 10.9 Å². The third-order valence-electron chi connectivity index (χ3n) is 2.12. The van der Waals surface area contributed by atoms with E-state index in [0.29, 0.717) is 5.69 Å². The van der Waals surface area contributed by atoms with Crippen LogP contribution in [0.4, 0.5) is 0 Å². The van der Waals surface area contributed by atoms with Gasteiger partial charge in [-0.15, -0.1) is 5.10 Å². The molecule has 2 N–H and O–H groups in total. The van der Waals surface area contributed by atoms with Gasteiger partial charge in [0.25, 0.3) is 10.0 Å². The largest absolute Gasteiger partial charge is 0.257 e. The topological polar surface area (TPSA) is 128 Å². The molecule has 0 aromatic carbocycles. The fraction of sp³-hybridized carbons (Fsp3) is 0.111. The van der Waals surface area contributed by atoms with Crippen molar-refractivity contribution in [1.29, 1.82) is 5.26 Å².